The van der Waals surface area contributed by atoms with E-state index >= 15 is 0 Å². The summed E-state index contributed by atoms with van der Waals surface area (Å²) in [6.07, 6.45) is 0. The molecule has 0 saturated heterocycles. The average Bonchev–Trinajstić information content (AvgIpc) is 2.72. The summed E-state index contributed by atoms with van der Waals surface area (Å²) < 4.78 is 4.31. The van der Waals surface area contributed by atoms with Crippen LogP contribution in [-0.2, 0) is 0 Å². The molecule has 0 unspecified atom stereocenters. The zero-order valence-corrected chi connectivity index (χ0v) is 6.99. The number of nitrogens with two attached hydrogens (primary N) is 1. The van der Waals surface area contributed by atoms with Crippen LogP contribution in [0.15, 0.2) is 4.63 Å². The molecule has 11 heteroatoms. The Morgan fingerprint density at radius 2 is 2.33 bits per heavy atom. The lowest BCUT2D eigenvalue weighted by Crippen LogP contribution is -1.90. The zero-order chi connectivity index (χ0) is 10.8. The third kappa shape index (κ3) is 1.65. The molecule has 2 aromatic rings. The average molecular weight is 211 g/mol. The first-order valence-corrected chi connectivity index (χ1v) is 3.53. The largest absolute Gasteiger partial charge is 0.379 e. The van der Waals surface area contributed by atoms with Crippen molar-refractivity contribution in [1.29, 1.82) is 0 Å². The maximum absolute atomic E-state index is 10.0. The van der Waals surface area contributed by atoms with Gasteiger partial charge in [-0.05, 0) is 10.3 Å². The van der Waals surface area contributed by atoms with Gasteiger partial charge in [0, 0.05) is 0 Å². The van der Waals surface area contributed by atoms with E-state index in [4.69, 9.17) is 5.73 Å². The molecule has 15 heavy (non-hydrogen) atoms. The van der Waals surface area contributed by atoms with E-state index in [1.54, 1.807) is 0 Å². The number of hydrogen-bond acceptors (Lipinski definition) is 8. The third-order valence-corrected chi connectivity index (χ3v) is 1.38. The Balaban J connectivity index is 2.28. The fourth-order valence-electron chi connectivity index (χ4n) is 0.832. The van der Waals surface area contributed by atoms with Crippen LogP contribution in [0.4, 0.5) is 11.8 Å². The Labute approximate surface area is 80.8 Å². The van der Waals surface area contributed by atoms with E-state index in [1.807, 2.05) is 0 Å². The number of nitrogens with one attached hydrogen (secondary N) is 1. The van der Waals surface area contributed by atoms with Gasteiger partial charge < -0.3 is 15.8 Å². The van der Waals surface area contributed by atoms with E-state index in [1.165, 1.54) is 0 Å². The summed E-state index contributed by atoms with van der Waals surface area (Å²) >= 11 is 0. The summed E-state index contributed by atoms with van der Waals surface area (Å²) in [5.74, 6) is -0.256. The summed E-state index contributed by atoms with van der Waals surface area (Å²) in [6.45, 7) is 0. The molecule has 11 nitrogen and oxygen atoms in total. The number of nitrogens with zero attached hydrogens (tertiary/aromatic N) is 6. The predicted octanol–water partition coefficient (Wildman–Crippen LogP) is -0.366. The molecule has 2 rings (SSSR count). The Kier molecular flexibility index (Phi) is 1.89. The highest BCUT2D eigenvalue weighted by atomic mass is 16.7. The van der Waals surface area contributed by atoms with Crippen LogP contribution >= 0.6 is 0 Å². The highest BCUT2D eigenvalue weighted by Crippen LogP contribution is 2.20. The molecule has 0 fully saturated rings. The standard InChI is InChI=1S/C4H3N8O3/c5-2-1(10-15-11-2)3-6-4(8-7-3)9-12(13)14/h(H3-,5,6,7,8,9,11)/q-1. The minimum Gasteiger partial charge on any atom is -0.379 e. The summed E-state index contributed by atoms with van der Waals surface area (Å²) in [6, 6.07) is 0. The van der Waals surface area contributed by atoms with Gasteiger partial charge >= 0.3 is 0 Å². The number of hydrogen-bond donors (Lipinski definition) is 2. The number of rotatable bonds is 3. The van der Waals surface area contributed by atoms with E-state index in [-0.39, 0.29) is 23.3 Å². The Morgan fingerprint density at radius 3 is 2.93 bits per heavy atom. The van der Waals surface area contributed by atoms with Gasteiger partial charge in [0.05, 0.1) is 0 Å². The fraction of sp³-hybridized carbons (Fsp3) is 0. The molecule has 0 aliphatic heterocycles. The topological polar surface area (TPSA) is 164 Å². The SMILES string of the molecule is Nc1nonc1-c1n[nH]c([N-][N+](=O)[O-])n1. The molecule has 0 spiro atoms. The monoisotopic (exact) mass is 211 g/mol. The van der Waals surface area contributed by atoms with Gasteiger partial charge in [-0.3, -0.25) is 0 Å². The van der Waals surface area contributed by atoms with Crippen molar-refractivity contribution in [1.82, 2.24) is 25.5 Å². The molecule has 2 aromatic heterocycles. The van der Waals surface area contributed by atoms with E-state index in [0.717, 1.165) is 0 Å². The molecule has 2 heterocycles. The second-order valence-corrected chi connectivity index (χ2v) is 2.32. The van der Waals surface area contributed by atoms with Crippen molar-refractivity contribution in [2.75, 3.05) is 5.73 Å². The van der Waals surface area contributed by atoms with Crippen molar-refractivity contribution in [2.45, 2.75) is 0 Å². The first kappa shape index (κ1) is 8.86. The van der Waals surface area contributed by atoms with Gasteiger partial charge in [-0.15, -0.1) is 0 Å². The summed E-state index contributed by atoms with van der Waals surface area (Å²) in [4.78, 5) is 13.6. The zero-order valence-electron chi connectivity index (χ0n) is 6.99. The molecule has 0 radical (unpaired) electrons. The predicted molar refractivity (Wildman–Crippen MR) is 44.1 cm³/mol. The minimum absolute atomic E-state index is 0.0124. The van der Waals surface area contributed by atoms with Gasteiger partial charge in [0.25, 0.3) is 0 Å². The number of H-pyrrole nitrogens is 1. The Morgan fingerprint density at radius 1 is 1.53 bits per heavy atom. The van der Waals surface area contributed by atoms with E-state index in [0.29, 0.717) is 0 Å². The lowest BCUT2D eigenvalue weighted by Gasteiger charge is -1.93. The van der Waals surface area contributed by atoms with Crippen molar-refractivity contribution in [3.05, 3.63) is 15.5 Å². The molecular weight excluding hydrogens is 208 g/mol. The van der Waals surface area contributed by atoms with Crippen molar-refractivity contribution in [3.8, 4) is 11.5 Å². The lowest BCUT2D eigenvalue weighted by molar-refractivity contribution is -0.419. The molecule has 0 aliphatic carbocycles. The molecular formula is C4H3N8O3-. The van der Waals surface area contributed by atoms with Gasteiger partial charge in [0.2, 0.25) is 0 Å². The highest BCUT2D eigenvalue weighted by molar-refractivity contribution is 5.62. The molecule has 0 bridgehead atoms. The number of aromatic nitrogens is 5. The molecule has 0 saturated carbocycles. The van der Waals surface area contributed by atoms with Crippen LogP contribution in [0.1, 0.15) is 0 Å². The normalized spacial score (nSPS) is 10.1. The highest BCUT2D eigenvalue weighted by Gasteiger charge is 2.10. The van der Waals surface area contributed by atoms with Crippen molar-refractivity contribution in [2.24, 2.45) is 0 Å². The molecule has 0 amide bonds. The third-order valence-electron chi connectivity index (χ3n) is 1.38. The maximum Gasteiger partial charge on any atom is 0.198 e. The van der Waals surface area contributed by atoms with E-state index in [9.17, 15) is 10.1 Å². The lowest BCUT2D eigenvalue weighted by atomic mass is 10.4. The molecule has 3 N–H and O–H groups in total. The van der Waals surface area contributed by atoms with Crippen LogP contribution in [-0.4, -0.2) is 30.5 Å². The second kappa shape index (κ2) is 3.21. The van der Waals surface area contributed by atoms with E-state index in [2.05, 4.69) is 35.5 Å². The summed E-state index contributed by atoms with van der Waals surface area (Å²) in [5, 5.41) is 21.6. The molecule has 0 aromatic carbocycles. The fourth-order valence-corrected chi connectivity index (χ4v) is 0.832. The molecule has 78 valence electrons. The quantitative estimate of drug-likeness (QED) is 0.512. The van der Waals surface area contributed by atoms with Crippen molar-refractivity contribution < 1.29 is 9.66 Å². The maximum atomic E-state index is 10.0. The summed E-state index contributed by atoms with van der Waals surface area (Å²) in [7, 11) is 0. The van der Waals surface area contributed by atoms with Gasteiger partial charge in [-0.1, -0.05) is 5.43 Å². The number of aromatic amines is 1. The smallest absolute Gasteiger partial charge is 0.198 e. The van der Waals surface area contributed by atoms with Crippen LogP contribution in [0.5, 0.6) is 0 Å². The first-order valence-electron chi connectivity index (χ1n) is 3.53. The molecule has 0 aliphatic rings. The Hall–Kier alpha value is -2.72. The van der Waals surface area contributed by atoms with Gasteiger partial charge in [-0.25, -0.2) is 19.8 Å². The van der Waals surface area contributed by atoms with Crippen molar-refractivity contribution >= 4 is 11.8 Å². The number of anilines is 1. The second-order valence-electron chi connectivity index (χ2n) is 2.32. The van der Waals surface area contributed by atoms with Gasteiger partial charge in [0.15, 0.2) is 11.5 Å². The van der Waals surface area contributed by atoms with Crippen LogP contribution < -0.4 is 5.73 Å². The Bertz CT molecular complexity index is 488. The van der Waals surface area contributed by atoms with Crippen LogP contribution in [0.2, 0.25) is 0 Å². The van der Waals surface area contributed by atoms with Crippen LogP contribution in [0.3, 0.4) is 0 Å². The van der Waals surface area contributed by atoms with E-state index < -0.39 is 5.03 Å². The molecule has 0 atom stereocenters. The van der Waals surface area contributed by atoms with Gasteiger partial charge in [0.1, 0.15) is 16.8 Å². The number of nitrogen functional groups attached to an aromatic ring is 1. The van der Waals surface area contributed by atoms with Crippen molar-refractivity contribution in [3.63, 3.8) is 0 Å². The minimum atomic E-state index is -0.908. The van der Waals surface area contributed by atoms with Gasteiger partial charge in [-0.2, -0.15) is 0 Å². The number of nitro groups is 1. The van der Waals surface area contributed by atoms with Crippen LogP contribution in [0.25, 0.3) is 16.9 Å². The van der Waals surface area contributed by atoms with Crippen LogP contribution in [0, 0.1) is 10.1 Å². The summed E-state index contributed by atoms with van der Waals surface area (Å²) in [5.41, 5.74) is 8.34. The first-order chi connectivity index (χ1) is 7.16.